The minimum Gasteiger partial charge on any atom is -0.356 e. The number of hydrogen-bond donors (Lipinski definition) is 2. The summed E-state index contributed by atoms with van der Waals surface area (Å²) in [6, 6.07) is 0.245. The SMILES string of the molecule is CC(N)CCCNC(=O)C1CCC2CCCCC2C1. The van der Waals surface area contributed by atoms with E-state index in [1.54, 1.807) is 0 Å². The summed E-state index contributed by atoms with van der Waals surface area (Å²) >= 11 is 0. The van der Waals surface area contributed by atoms with Crippen LogP contribution in [0.2, 0.25) is 0 Å². The van der Waals surface area contributed by atoms with Crippen molar-refractivity contribution in [1.82, 2.24) is 5.32 Å². The summed E-state index contributed by atoms with van der Waals surface area (Å²) in [6.45, 7) is 2.82. The maximum atomic E-state index is 12.2. The first kappa shape index (κ1) is 14.8. The van der Waals surface area contributed by atoms with Crippen LogP contribution >= 0.6 is 0 Å². The second-order valence-electron chi connectivity index (χ2n) is 6.73. The van der Waals surface area contributed by atoms with Crippen LogP contribution in [0.1, 0.15) is 64.7 Å². The molecule has 0 aliphatic heterocycles. The summed E-state index contributed by atoms with van der Waals surface area (Å²) in [5, 5.41) is 3.11. The lowest BCUT2D eigenvalue weighted by Crippen LogP contribution is -2.37. The molecule has 0 aromatic carbocycles. The predicted octanol–water partition coefficient (Wildman–Crippen LogP) is 2.84. The van der Waals surface area contributed by atoms with E-state index in [0.717, 1.165) is 44.1 Å². The maximum absolute atomic E-state index is 12.2. The number of nitrogens with one attached hydrogen (secondary N) is 1. The summed E-state index contributed by atoms with van der Waals surface area (Å²) in [5.74, 6) is 2.35. The molecule has 2 fully saturated rings. The van der Waals surface area contributed by atoms with Crippen molar-refractivity contribution in [1.29, 1.82) is 0 Å². The quantitative estimate of drug-likeness (QED) is 0.752. The molecule has 2 rings (SSSR count). The summed E-state index contributed by atoms with van der Waals surface area (Å²) in [5.41, 5.74) is 5.71. The Bertz CT molecular complexity index is 290. The second-order valence-corrected chi connectivity index (χ2v) is 6.73. The molecular weight excluding hydrogens is 236 g/mol. The van der Waals surface area contributed by atoms with Crippen molar-refractivity contribution >= 4 is 5.91 Å². The Morgan fingerprint density at radius 3 is 2.68 bits per heavy atom. The molecule has 0 spiro atoms. The van der Waals surface area contributed by atoms with E-state index in [4.69, 9.17) is 5.73 Å². The zero-order valence-corrected chi connectivity index (χ0v) is 12.4. The first-order valence-corrected chi connectivity index (χ1v) is 8.20. The summed E-state index contributed by atoms with van der Waals surface area (Å²) in [4.78, 5) is 12.2. The smallest absolute Gasteiger partial charge is 0.223 e. The Kier molecular flexibility index (Phi) is 5.68. The van der Waals surface area contributed by atoms with Gasteiger partial charge in [0.2, 0.25) is 5.91 Å². The van der Waals surface area contributed by atoms with Gasteiger partial charge in [0.15, 0.2) is 0 Å². The van der Waals surface area contributed by atoms with Crippen LogP contribution in [0.3, 0.4) is 0 Å². The highest BCUT2D eigenvalue weighted by Gasteiger charge is 2.34. The molecule has 3 N–H and O–H groups in total. The van der Waals surface area contributed by atoms with Crippen molar-refractivity contribution in [3.8, 4) is 0 Å². The number of amides is 1. The lowest BCUT2D eigenvalue weighted by atomic mass is 9.67. The van der Waals surface area contributed by atoms with E-state index in [1.165, 1.54) is 32.1 Å². The van der Waals surface area contributed by atoms with Gasteiger partial charge < -0.3 is 11.1 Å². The van der Waals surface area contributed by atoms with E-state index >= 15 is 0 Å². The Morgan fingerprint density at radius 1 is 1.21 bits per heavy atom. The third-order valence-corrected chi connectivity index (χ3v) is 5.05. The van der Waals surface area contributed by atoms with Crippen LogP contribution < -0.4 is 11.1 Å². The first-order chi connectivity index (χ1) is 9.16. The average molecular weight is 266 g/mol. The highest BCUT2D eigenvalue weighted by atomic mass is 16.1. The second kappa shape index (κ2) is 7.28. The molecule has 0 aromatic heterocycles. The number of fused-ring (bicyclic) bond motifs is 1. The molecular formula is C16H30N2O. The molecule has 0 saturated heterocycles. The standard InChI is InChI=1S/C16H30N2O/c1-12(17)5-4-10-18-16(19)15-9-8-13-6-2-3-7-14(13)11-15/h12-15H,2-11,17H2,1H3,(H,18,19). The van der Waals surface area contributed by atoms with Gasteiger partial charge in [-0.25, -0.2) is 0 Å². The van der Waals surface area contributed by atoms with Crippen LogP contribution in [0, 0.1) is 17.8 Å². The van der Waals surface area contributed by atoms with Gasteiger partial charge in [-0.2, -0.15) is 0 Å². The molecule has 4 unspecified atom stereocenters. The molecule has 0 heterocycles. The van der Waals surface area contributed by atoms with Gasteiger partial charge in [0, 0.05) is 18.5 Å². The predicted molar refractivity (Wildman–Crippen MR) is 78.7 cm³/mol. The van der Waals surface area contributed by atoms with Crippen LogP contribution in [0.5, 0.6) is 0 Å². The van der Waals surface area contributed by atoms with E-state index < -0.39 is 0 Å². The van der Waals surface area contributed by atoms with Crippen molar-refractivity contribution in [3.63, 3.8) is 0 Å². The molecule has 0 radical (unpaired) electrons. The molecule has 3 heteroatoms. The molecule has 0 bridgehead atoms. The van der Waals surface area contributed by atoms with Crippen molar-refractivity contribution in [2.24, 2.45) is 23.5 Å². The van der Waals surface area contributed by atoms with E-state index in [1.807, 2.05) is 6.92 Å². The van der Waals surface area contributed by atoms with Crippen molar-refractivity contribution in [2.75, 3.05) is 6.54 Å². The van der Waals surface area contributed by atoms with Crippen LogP contribution in [-0.4, -0.2) is 18.5 Å². The van der Waals surface area contributed by atoms with Gasteiger partial charge >= 0.3 is 0 Å². The van der Waals surface area contributed by atoms with Crippen molar-refractivity contribution < 1.29 is 4.79 Å². The Labute approximate surface area is 117 Å². The Balaban J connectivity index is 1.68. The van der Waals surface area contributed by atoms with Crippen molar-refractivity contribution in [2.45, 2.75) is 70.8 Å². The highest BCUT2D eigenvalue weighted by Crippen LogP contribution is 2.42. The average Bonchev–Trinajstić information content (AvgIpc) is 2.42. The number of carbonyl (C=O) groups excluding carboxylic acids is 1. The molecule has 110 valence electrons. The van der Waals surface area contributed by atoms with Crippen LogP contribution in [0.25, 0.3) is 0 Å². The maximum Gasteiger partial charge on any atom is 0.223 e. The van der Waals surface area contributed by atoms with Gasteiger partial charge in [-0.3, -0.25) is 4.79 Å². The van der Waals surface area contributed by atoms with Gasteiger partial charge in [0.05, 0.1) is 0 Å². The lowest BCUT2D eigenvalue weighted by molar-refractivity contribution is -0.127. The number of hydrogen-bond acceptors (Lipinski definition) is 2. The lowest BCUT2D eigenvalue weighted by Gasteiger charge is -2.38. The fourth-order valence-electron chi connectivity index (χ4n) is 3.89. The Hall–Kier alpha value is -0.570. The minimum absolute atomic E-state index is 0.245. The number of rotatable bonds is 5. The zero-order chi connectivity index (χ0) is 13.7. The molecule has 2 saturated carbocycles. The van der Waals surface area contributed by atoms with Gasteiger partial charge in [-0.1, -0.05) is 25.7 Å². The highest BCUT2D eigenvalue weighted by molar-refractivity contribution is 5.78. The normalized spacial score (nSPS) is 32.4. The minimum atomic E-state index is 0.245. The van der Waals surface area contributed by atoms with Crippen LogP contribution in [0.4, 0.5) is 0 Å². The van der Waals surface area contributed by atoms with E-state index in [0.29, 0.717) is 5.91 Å². The van der Waals surface area contributed by atoms with Gasteiger partial charge in [-0.15, -0.1) is 0 Å². The van der Waals surface area contributed by atoms with Gasteiger partial charge in [0.1, 0.15) is 0 Å². The third kappa shape index (κ3) is 4.48. The van der Waals surface area contributed by atoms with Crippen molar-refractivity contribution in [3.05, 3.63) is 0 Å². The van der Waals surface area contributed by atoms with Crippen LogP contribution in [0.15, 0.2) is 0 Å². The summed E-state index contributed by atoms with van der Waals surface area (Å²) in [7, 11) is 0. The fourth-order valence-corrected chi connectivity index (χ4v) is 3.89. The first-order valence-electron chi connectivity index (χ1n) is 8.20. The van der Waals surface area contributed by atoms with E-state index in [-0.39, 0.29) is 12.0 Å². The van der Waals surface area contributed by atoms with Crippen LogP contribution in [-0.2, 0) is 4.79 Å². The van der Waals surface area contributed by atoms with E-state index in [9.17, 15) is 4.79 Å². The molecule has 2 aliphatic carbocycles. The third-order valence-electron chi connectivity index (χ3n) is 5.05. The molecule has 2 aliphatic rings. The van der Waals surface area contributed by atoms with Gasteiger partial charge in [-0.05, 0) is 50.9 Å². The molecule has 3 nitrogen and oxygen atoms in total. The summed E-state index contributed by atoms with van der Waals surface area (Å²) < 4.78 is 0. The van der Waals surface area contributed by atoms with E-state index in [2.05, 4.69) is 5.32 Å². The zero-order valence-electron chi connectivity index (χ0n) is 12.4. The molecule has 0 aromatic rings. The fraction of sp³-hybridized carbons (Fsp3) is 0.938. The number of nitrogens with two attached hydrogens (primary N) is 1. The molecule has 4 atom stereocenters. The summed E-state index contributed by atoms with van der Waals surface area (Å²) in [6.07, 6.45) is 11.1. The largest absolute Gasteiger partial charge is 0.356 e. The molecule has 1 amide bonds. The topological polar surface area (TPSA) is 55.1 Å². The number of carbonyl (C=O) groups is 1. The molecule has 19 heavy (non-hydrogen) atoms. The Morgan fingerprint density at radius 2 is 1.95 bits per heavy atom. The monoisotopic (exact) mass is 266 g/mol. The van der Waals surface area contributed by atoms with Gasteiger partial charge in [0.25, 0.3) is 0 Å².